The molecular weight excluding hydrogens is 665 g/mol. The van der Waals surface area contributed by atoms with Crippen LogP contribution in [0, 0.1) is 17.7 Å². The van der Waals surface area contributed by atoms with Gasteiger partial charge in [0.1, 0.15) is 29.3 Å². The van der Waals surface area contributed by atoms with Gasteiger partial charge in [0.05, 0.1) is 5.69 Å². The highest BCUT2D eigenvalue weighted by Crippen LogP contribution is 2.32. The lowest BCUT2D eigenvalue weighted by molar-refractivity contribution is -0.135. The number of nitrogens with one attached hydrogen (secondary N) is 3. The third-order valence-corrected chi connectivity index (χ3v) is 10.5. The molecule has 3 heterocycles. The highest BCUT2D eigenvalue weighted by Gasteiger charge is 2.36. The fraction of sp³-hybridized carbons (Fsp3) is 0.579. The van der Waals surface area contributed by atoms with Gasteiger partial charge in [-0.2, -0.15) is 10.2 Å². The number of carbonyl (C=O) groups excluding carboxylic acids is 4. The SMILES string of the molecule is CC1CCC([C@H](NC(=O)c2ccnn2C(C)C)C(=O)Nc2ccc([C@H](C)[C@@H](NC(=O)c3ccnn3C(C)C)C(=O)N3CCN(C)CC3)cc2F)CC1. The molecule has 1 aliphatic heterocycles. The fourth-order valence-corrected chi connectivity index (χ4v) is 7.20. The van der Waals surface area contributed by atoms with Crippen molar-refractivity contribution in [3.8, 4) is 0 Å². The van der Waals surface area contributed by atoms with E-state index in [1.54, 1.807) is 51.8 Å². The molecule has 1 saturated heterocycles. The van der Waals surface area contributed by atoms with E-state index in [1.165, 1.54) is 12.1 Å². The van der Waals surface area contributed by atoms with Gasteiger partial charge in [-0.25, -0.2) is 4.39 Å². The number of hydrogen-bond donors (Lipinski definition) is 3. The van der Waals surface area contributed by atoms with E-state index < -0.39 is 41.5 Å². The number of benzene rings is 1. The second kappa shape index (κ2) is 16.8. The molecule has 3 N–H and O–H groups in total. The molecule has 0 unspecified atom stereocenters. The van der Waals surface area contributed by atoms with Gasteiger partial charge in [0.25, 0.3) is 11.8 Å². The van der Waals surface area contributed by atoms with Crippen LogP contribution in [-0.4, -0.2) is 98.3 Å². The molecular formula is C38H54FN9O4. The predicted molar refractivity (Wildman–Crippen MR) is 196 cm³/mol. The van der Waals surface area contributed by atoms with Crippen LogP contribution in [0.15, 0.2) is 42.7 Å². The van der Waals surface area contributed by atoms with Crippen molar-refractivity contribution in [3.05, 3.63) is 65.5 Å². The van der Waals surface area contributed by atoms with E-state index in [4.69, 9.17) is 0 Å². The van der Waals surface area contributed by atoms with Crippen LogP contribution in [0.1, 0.15) is 112 Å². The summed E-state index contributed by atoms with van der Waals surface area (Å²) in [6.07, 6.45) is 6.48. The summed E-state index contributed by atoms with van der Waals surface area (Å²) in [5.74, 6) is -2.50. The average Bonchev–Trinajstić information content (AvgIpc) is 3.82. The normalized spacial score (nSPS) is 20.0. The van der Waals surface area contributed by atoms with Crippen LogP contribution in [0.3, 0.4) is 0 Å². The van der Waals surface area contributed by atoms with E-state index in [2.05, 4.69) is 38.0 Å². The van der Waals surface area contributed by atoms with Crippen molar-refractivity contribution in [1.82, 2.24) is 40.0 Å². The van der Waals surface area contributed by atoms with E-state index in [9.17, 15) is 19.2 Å². The number of carbonyl (C=O) groups is 4. The molecule has 0 spiro atoms. The smallest absolute Gasteiger partial charge is 0.270 e. The summed E-state index contributed by atoms with van der Waals surface area (Å²) >= 11 is 0. The Morgan fingerprint density at radius 1 is 0.788 bits per heavy atom. The summed E-state index contributed by atoms with van der Waals surface area (Å²) in [4.78, 5) is 58.8. The largest absolute Gasteiger partial charge is 0.339 e. The van der Waals surface area contributed by atoms with Gasteiger partial charge in [0.15, 0.2) is 0 Å². The zero-order valence-electron chi connectivity index (χ0n) is 31.4. The van der Waals surface area contributed by atoms with Gasteiger partial charge in [-0.3, -0.25) is 28.5 Å². The zero-order valence-corrected chi connectivity index (χ0v) is 31.4. The number of likely N-dealkylation sites (N-methyl/N-ethyl adjacent to an activating group) is 1. The molecule has 14 heteroatoms. The molecule has 4 amide bonds. The summed E-state index contributed by atoms with van der Waals surface area (Å²) in [7, 11) is 1.99. The van der Waals surface area contributed by atoms with E-state index in [0.717, 1.165) is 25.7 Å². The highest BCUT2D eigenvalue weighted by atomic mass is 19.1. The van der Waals surface area contributed by atoms with Crippen molar-refractivity contribution in [1.29, 1.82) is 0 Å². The van der Waals surface area contributed by atoms with E-state index in [1.807, 2.05) is 34.7 Å². The van der Waals surface area contributed by atoms with Crippen LogP contribution >= 0.6 is 0 Å². The Kier molecular flexibility index (Phi) is 12.5. The van der Waals surface area contributed by atoms with E-state index in [-0.39, 0.29) is 29.6 Å². The molecule has 1 aromatic carbocycles. The second-order valence-electron chi connectivity index (χ2n) is 15.1. The number of rotatable bonds is 12. The quantitative estimate of drug-likeness (QED) is 0.248. The lowest BCUT2D eigenvalue weighted by Gasteiger charge is -2.36. The van der Waals surface area contributed by atoms with Gasteiger partial charge in [-0.05, 0) is 89.2 Å². The number of aromatic nitrogens is 4. The monoisotopic (exact) mass is 719 g/mol. The number of piperazine rings is 1. The first kappa shape index (κ1) is 38.6. The van der Waals surface area contributed by atoms with Crippen LogP contribution in [0.5, 0.6) is 0 Å². The summed E-state index contributed by atoms with van der Waals surface area (Å²) in [5.41, 5.74) is 1.12. The second-order valence-corrected chi connectivity index (χ2v) is 15.1. The number of halogens is 1. The maximum absolute atomic E-state index is 15.9. The first-order chi connectivity index (χ1) is 24.7. The van der Waals surface area contributed by atoms with Gasteiger partial charge in [0.2, 0.25) is 11.8 Å². The minimum Gasteiger partial charge on any atom is -0.339 e. The summed E-state index contributed by atoms with van der Waals surface area (Å²) in [6, 6.07) is 5.67. The van der Waals surface area contributed by atoms with Crippen LogP contribution in [-0.2, 0) is 9.59 Å². The Labute approximate surface area is 305 Å². The molecule has 1 saturated carbocycles. The first-order valence-corrected chi connectivity index (χ1v) is 18.5. The summed E-state index contributed by atoms with van der Waals surface area (Å²) < 4.78 is 19.1. The molecule has 3 atom stereocenters. The molecule has 282 valence electrons. The van der Waals surface area contributed by atoms with E-state index >= 15 is 4.39 Å². The van der Waals surface area contributed by atoms with Crippen molar-refractivity contribution in [2.75, 3.05) is 38.5 Å². The van der Waals surface area contributed by atoms with Crippen molar-refractivity contribution < 1.29 is 23.6 Å². The Morgan fingerprint density at radius 2 is 1.35 bits per heavy atom. The highest BCUT2D eigenvalue weighted by molar-refractivity contribution is 6.01. The van der Waals surface area contributed by atoms with Gasteiger partial charge < -0.3 is 25.8 Å². The summed E-state index contributed by atoms with van der Waals surface area (Å²) in [6.45, 7) is 14.0. The molecule has 0 radical (unpaired) electrons. The molecule has 2 aromatic heterocycles. The first-order valence-electron chi connectivity index (χ1n) is 18.5. The van der Waals surface area contributed by atoms with Crippen molar-refractivity contribution in [2.45, 2.75) is 97.3 Å². The van der Waals surface area contributed by atoms with Crippen molar-refractivity contribution in [3.63, 3.8) is 0 Å². The van der Waals surface area contributed by atoms with Gasteiger partial charge in [-0.1, -0.05) is 32.8 Å². The molecule has 2 fully saturated rings. The third kappa shape index (κ3) is 8.88. The van der Waals surface area contributed by atoms with Crippen LogP contribution in [0.2, 0.25) is 0 Å². The lowest BCUT2D eigenvalue weighted by atomic mass is 9.79. The fourth-order valence-electron chi connectivity index (χ4n) is 7.20. The maximum atomic E-state index is 15.9. The Balaban J connectivity index is 1.36. The third-order valence-electron chi connectivity index (χ3n) is 10.5. The standard InChI is InChI=1S/C38H54FN9O4/c1-23(2)47-31(14-16-40-47)35(49)43-33(38(52)46-20-18-45(7)19-21-46)26(6)28-12-13-30(29(39)22-28)42-37(51)34(27-10-8-25(5)9-11-27)44-36(50)32-15-17-41-48(32)24(3)4/h12-17,22-27,33-34H,8-11,18-21H2,1-7H3,(H,42,51)(H,43,49)(H,44,50)/t25?,26-,27?,33+,34-/m0/s1. The van der Waals surface area contributed by atoms with Crippen molar-refractivity contribution in [2.24, 2.45) is 11.8 Å². The molecule has 13 nitrogen and oxygen atoms in total. The number of hydrogen-bond acceptors (Lipinski definition) is 7. The van der Waals surface area contributed by atoms with Gasteiger partial charge in [-0.15, -0.1) is 0 Å². The minimum atomic E-state index is -0.987. The molecule has 2 aliphatic rings. The Hall–Kier alpha value is -4.59. The Morgan fingerprint density at radius 3 is 1.88 bits per heavy atom. The molecule has 1 aliphatic carbocycles. The van der Waals surface area contributed by atoms with Crippen LogP contribution < -0.4 is 16.0 Å². The number of nitrogens with zero attached hydrogens (tertiary/aromatic N) is 6. The maximum Gasteiger partial charge on any atom is 0.270 e. The lowest BCUT2D eigenvalue weighted by Crippen LogP contribution is -2.56. The molecule has 3 aromatic rings. The molecule has 0 bridgehead atoms. The van der Waals surface area contributed by atoms with Gasteiger partial charge >= 0.3 is 0 Å². The Bertz CT molecular complexity index is 1720. The average molecular weight is 720 g/mol. The zero-order chi connectivity index (χ0) is 37.7. The predicted octanol–water partition coefficient (Wildman–Crippen LogP) is 4.62. The van der Waals surface area contributed by atoms with Crippen LogP contribution in [0.4, 0.5) is 10.1 Å². The molecule has 52 heavy (non-hydrogen) atoms. The van der Waals surface area contributed by atoms with Crippen LogP contribution in [0.25, 0.3) is 0 Å². The van der Waals surface area contributed by atoms with Gasteiger partial charge in [0, 0.05) is 56.6 Å². The van der Waals surface area contributed by atoms with E-state index in [0.29, 0.717) is 49.0 Å². The summed E-state index contributed by atoms with van der Waals surface area (Å²) in [5, 5.41) is 17.1. The topological polar surface area (TPSA) is 146 Å². The van der Waals surface area contributed by atoms with Crippen molar-refractivity contribution >= 4 is 29.3 Å². The minimum absolute atomic E-state index is 0.0385. The number of anilines is 1. The number of amides is 4. The molecule has 5 rings (SSSR count).